The van der Waals surface area contributed by atoms with Gasteiger partial charge in [-0.25, -0.2) is 0 Å². The summed E-state index contributed by atoms with van der Waals surface area (Å²) >= 11 is 6.58. The summed E-state index contributed by atoms with van der Waals surface area (Å²) in [4.78, 5) is 24.5. The first kappa shape index (κ1) is 18.3. The summed E-state index contributed by atoms with van der Waals surface area (Å²) < 4.78 is 11.3. The molecule has 0 saturated heterocycles. The van der Waals surface area contributed by atoms with Crippen LogP contribution in [0, 0.1) is 0 Å². The second kappa shape index (κ2) is 8.16. The lowest BCUT2D eigenvalue weighted by atomic mass is 10.2. The van der Waals surface area contributed by atoms with Crippen LogP contribution in [-0.2, 0) is 0 Å². The molecule has 0 aliphatic carbocycles. The Kier molecular flexibility index (Phi) is 6.22. The topological polar surface area (TPSA) is 76.7 Å². The molecule has 0 aromatic heterocycles. The maximum absolute atomic E-state index is 12.2. The van der Waals surface area contributed by atoms with Gasteiger partial charge in [-0.15, -0.1) is 0 Å². The summed E-state index contributed by atoms with van der Waals surface area (Å²) in [6.45, 7) is 0. The highest BCUT2D eigenvalue weighted by molar-refractivity contribution is 9.10. The molecule has 0 saturated carbocycles. The normalized spacial score (nSPS) is 10.0. The first-order chi connectivity index (χ1) is 11.5. The Bertz CT molecular complexity index is 715. The third-order valence-corrected chi connectivity index (χ3v) is 4.51. The highest BCUT2D eigenvalue weighted by Gasteiger charge is 2.15. The lowest BCUT2D eigenvalue weighted by Crippen LogP contribution is -2.41. The van der Waals surface area contributed by atoms with Crippen molar-refractivity contribution >= 4 is 43.7 Å². The van der Waals surface area contributed by atoms with E-state index in [2.05, 4.69) is 42.7 Å². The minimum atomic E-state index is -0.479. The summed E-state index contributed by atoms with van der Waals surface area (Å²) in [6.07, 6.45) is 0. The van der Waals surface area contributed by atoms with E-state index in [0.29, 0.717) is 31.6 Å². The van der Waals surface area contributed by atoms with Gasteiger partial charge < -0.3 is 9.47 Å². The number of nitrogens with one attached hydrogen (secondary N) is 2. The molecule has 0 atom stereocenters. The molecule has 0 heterocycles. The minimum Gasteiger partial charge on any atom is -0.497 e. The molecule has 24 heavy (non-hydrogen) atoms. The van der Waals surface area contributed by atoms with Crippen LogP contribution < -0.4 is 20.3 Å². The summed E-state index contributed by atoms with van der Waals surface area (Å²) in [6, 6.07) is 9.93. The van der Waals surface area contributed by atoms with E-state index in [0.717, 1.165) is 0 Å². The van der Waals surface area contributed by atoms with Crippen LogP contribution in [0.1, 0.15) is 20.7 Å². The van der Waals surface area contributed by atoms with Gasteiger partial charge >= 0.3 is 0 Å². The lowest BCUT2D eigenvalue weighted by molar-refractivity contribution is 0.0845. The molecule has 0 aliphatic rings. The van der Waals surface area contributed by atoms with E-state index < -0.39 is 11.8 Å². The van der Waals surface area contributed by atoms with Gasteiger partial charge in [0.1, 0.15) is 11.5 Å². The third kappa shape index (κ3) is 4.27. The van der Waals surface area contributed by atoms with Crippen LogP contribution in [0.2, 0.25) is 0 Å². The Morgan fingerprint density at radius 2 is 1.17 bits per heavy atom. The number of hydrogen-bond acceptors (Lipinski definition) is 4. The fourth-order valence-corrected chi connectivity index (χ4v) is 2.71. The first-order valence-corrected chi connectivity index (χ1v) is 8.32. The number of carbonyl (C=O) groups is 2. The Labute approximate surface area is 155 Å². The molecule has 0 radical (unpaired) electrons. The average molecular weight is 458 g/mol. The summed E-state index contributed by atoms with van der Waals surface area (Å²) in [5.41, 5.74) is 5.40. The molecule has 2 N–H and O–H groups in total. The fraction of sp³-hybridized carbons (Fsp3) is 0.125. The Morgan fingerprint density at radius 1 is 0.792 bits per heavy atom. The number of hydrazine groups is 1. The largest absolute Gasteiger partial charge is 0.497 e. The van der Waals surface area contributed by atoms with Crippen molar-refractivity contribution in [3.05, 3.63) is 56.5 Å². The second-order valence-electron chi connectivity index (χ2n) is 4.60. The minimum absolute atomic E-state index is 0.333. The maximum atomic E-state index is 12.2. The van der Waals surface area contributed by atoms with Gasteiger partial charge in [-0.05, 0) is 68.3 Å². The molecule has 2 aromatic carbocycles. The fourth-order valence-electron chi connectivity index (χ4n) is 1.86. The van der Waals surface area contributed by atoms with Crippen LogP contribution in [0.5, 0.6) is 11.5 Å². The standard InChI is InChI=1S/C16H14Br2N2O4/c1-23-9-3-5-13(17)11(7-9)15(21)19-20-16(22)12-8-10(24-2)4-6-14(12)18/h3-8H,1-2H3,(H,19,21)(H,20,22). The van der Waals surface area contributed by atoms with Gasteiger partial charge in [0.25, 0.3) is 11.8 Å². The van der Waals surface area contributed by atoms with Crippen LogP contribution in [0.15, 0.2) is 45.3 Å². The number of rotatable bonds is 4. The number of benzene rings is 2. The van der Waals surface area contributed by atoms with Crippen LogP contribution in [0.25, 0.3) is 0 Å². The van der Waals surface area contributed by atoms with E-state index in [1.54, 1.807) is 36.4 Å². The summed E-state index contributed by atoms with van der Waals surface area (Å²) in [5, 5.41) is 0. The van der Waals surface area contributed by atoms with Crippen molar-refractivity contribution in [3.8, 4) is 11.5 Å². The SMILES string of the molecule is COc1ccc(Br)c(C(=O)NNC(=O)c2cc(OC)ccc2Br)c1. The van der Waals surface area contributed by atoms with E-state index in [4.69, 9.17) is 9.47 Å². The molecule has 0 spiro atoms. The predicted octanol–water partition coefficient (Wildman–Crippen LogP) is 3.30. The highest BCUT2D eigenvalue weighted by Crippen LogP contribution is 2.23. The molecule has 2 rings (SSSR count). The average Bonchev–Trinajstić information content (AvgIpc) is 2.60. The number of methoxy groups -OCH3 is 2. The number of ether oxygens (including phenoxy) is 2. The van der Waals surface area contributed by atoms with E-state index in [9.17, 15) is 9.59 Å². The summed E-state index contributed by atoms with van der Waals surface area (Å²) in [5.74, 6) is 0.108. The number of hydrogen-bond donors (Lipinski definition) is 2. The lowest BCUT2D eigenvalue weighted by Gasteiger charge is -2.11. The summed E-state index contributed by atoms with van der Waals surface area (Å²) in [7, 11) is 3.01. The quantitative estimate of drug-likeness (QED) is 0.690. The smallest absolute Gasteiger partial charge is 0.270 e. The molecule has 6 nitrogen and oxygen atoms in total. The van der Waals surface area contributed by atoms with Gasteiger partial charge in [0.2, 0.25) is 0 Å². The van der Waals surface area contributed by atoms with E-state index in [-0.39, 0.29) is 0 Å². The molecular weight excluding hydrogens is 444 g/mol. The van der Waals surface area contributed by atoms with Crippen LogP contribution in [0.3, 0.4) is 0 Å². The van der Waals surface area contributed by atoms with E-state index in [1.807, 2.05) is 0 Å². The second-order valence-corrected chi connectivity index (χ2v) is 6.31. The molecule has 126 valence electrons. The predicted molar refractivity (Wildman–Crippen MR) is 96.3 cm³/mol. The van der Waals surface area contributed by atoms with Crippen LogP contribution >= 0.6 is 31.9 Å². The Balaban J connectivity index is 2.10. The number of halogens is 2. The number of amides is 2. The van der Waals surface area contributed by atoms with Gasteiger partial charge in [-0.2, -0.15) is 0 Å². The van der Waals surface area contributed by atoms with E-state index in [1.165, 1.54) is 14.2 Å². The molecule has 2 aromatic rings. The molecule has 0 aliphatic heterocycles. The van der Waals surface area contributed by atoms with Gasteiger partial charge in [0.05, 0.1) is 25.3 Å². The molecule has 0 unspecified atom stereocenters. The van der Waals surface area contributed by atoms with Crippen molar-refractivity contribution in [2.45, 2.75) is 0 Å². The zero-order valence-corrected chi connectivity index (χ0v) is 16.0. The highest BCUT2D eigenvalue weighted by atomic mass is 79.9. The van der Waals surface area contributed by atoms with Crippen LogP contribution in [-0.4, -0.2) is 26.0 Å². The van der Waals surface area contributed by atoms with Gasteiger partial charge in [0, 0.05) is 8.95 Å². The molecule has 2 amide bonds. The number of carbonyl (C=O) groups excluding carboxylic acids is 2. The van der Waals surface area contributed by atoms with E-state index >= 15 is 0 Å². The zero-order valence-electron chi connectivity index (χ0n) is 12.9. The maximum Gasteiger partial charge on any atom is 0.270 e. The van der Waals surface area contributed by atoms with Gasteiger partial charge in [-0.3, -0.25) is 20.4 Å². The van der Waals surface area contributed by atoms with Crippen molar-refractivity contribution in [2.24, 2.45) is 0 Å². The van der Waals surface area contributed by atoms with Crippen molar-refractivity contribution in [2.75, 3.05) is 14.2 Å². The Morgan fingerprint density at radius 3 is 1.50 bits per heavy atom. The van der Waals surface area contributed by atoms with Crippen LogP contribution in [0.4, 0.5) is 0 Å². The first-order valence-electron chi connectivity index (χ1n) is 6.74. The van der Waals surface area contributed by atoms with Crippen molar-refractivity contribution in [1.82, 2.24) is 10.9 Å². The van der Waals surface area contributed by atoms with Gasteiger partial charge in [0.15, 0.2) is 0 Å². The van der Waals surface area contributed by atoms with Crippen molar-refractivity contribution in [3.63, 3.8) is 0 Å². The molecule has 0 bridgehead atoms. The zero-order chi connectivity index (χ0) is 17.7. The third-order valence-electron chi connectivity index (χ3n) is 3.13. The van der Waals surface area contributed by atoms with Crippen molar-refractivity contribution < 1.29 is 19.1 Å². The molecule has 0 fully saturated rings. The Hall–Kier alpha value is -2.06. The monoisotopic (exact) mass is 456 g/mol. The van der Waals surface area contributed by atoms with Gasteiger partial charge in [-0.1, -0.05) is 0 Å². The molecular formula is C16H14Br2N2O4. The van der Waals surface area contributed by atoms with Crippen molar-refractivity contribution in [1.29, 1.82) is 0 Å². The molecule has 8 heteroatoms.